The molecule has 0 atom stereocenters. The number of aryl methyl sites for hydroxylation is 1. The molecular weight excluding hydrogens is 312 g/mol. The molecule has 122 valence electrons. The third-order valence-electron chi connectivity index (χ3n) is 4.11. The summed E-state index contributed by atoms with van der Waals surface area (Å²) in [6.07, 6.45) is 3.52. The molecule has 0 aliphatic carbocycles. The molecule has 0 unspecified atom stereocenters. The molecule has 1 N–H and O–H groups in total. The van der Waals surface area contributed by atoms with Crippen LogP contribution in [0.1, 0.15) is 16.8 Å². The molecule has 3 aromatic rings. The number of H-pyrrole nitrogens is 1. The van der Waals surface area contributed by atoms with Gasteiger partial charge in [-0.2, -0.15) is 5.10 Å². The summed E-state index contributed by atoms with van der Waals surface area (Å²) in [5.74, 6) is 0. The van der Waals surface area contributed by atoms with Gasteiger partial charge >= 0.3 is 0 Å². The predicted octanol–water partition coefficient (Wildman–Crippen LogP) is 3.35. The number of para-hydroxylation sites is 1. The Hall–Kier alpha value is -3.47. The molecule has 0 bridgehead atoms. The molecular formula is C20H16N4O. The molecule has 0 radical (unpaired) electrons. The fraction of sp³-hybridized carbons (Fsp3) is 0.0500. The Bertz CT molecular complexity index is 1050. The van der Waals surface area contributed by atoms with Crippen molar-refractivity contribution in [1.82, 2.24) is 9.78 Å². The highest BCUT2D eigenvalue weighted by molar-refractivity contribution is 6.28. The molecule has 2 aromatic carbocycles. The molecule has 0 amide bonds. The Balaban J connectivity index is 1.78. The third kappa shape index (κ3) is 2.76. The monoisotopic (exact) mass is 328 g/mol. The van der Waals surface area contributed by atoms with Crippen LogP contribution in [0.5, 0.6) is 0 Å². The SMILES string of the molecule is Cc1[nH]n(-c2ccccc2)c(=O)c1/C=C1\C=NN=C1c1ccccc1. The maximum Gasteiger partial charge on any atom is 0.278 e. The van der Waals surface area contributed by atoms with E-state index in [9.17, 15) is 4.79 Å². The van der Waals surface area contributed by atoms with Gasteiger partial charge in [-0.05, 0) is 25.1 Å². The van der Waals surface area contributed by atoms with E-state index in [0.29, 0.717) is 5.56 Å². The molecule has 25 heavy (non-hydrogen) atoms. The fourth-order valence-corrected chi connectivity index (χ4v) is 2.84. The highest BCUT2D eigenvalue weighted by Gasteiger charge is 2.16. The molecule has 0 saturated carbocycles. The van der Waals surface area contributed by atoms with Gasteiger partial charge in [-0.1, -0.05) is 48.5 Å². The van der Waals surface area contributed by atoms with Crippen molar-refractivity contribution >= 4 is 18.0 Å². The molecule has 5 nitrogen and oxygen atoms in total. The van der Waals surface area contributed by atoms with Crippen LogP contribution < -0.4 is 5.56 Å². The summed E-state index contributed by atoms with van der Waals surface area (Å²) in [7, 11) is 0. The largest absolute Gasteiger partial charge is 0.295 e. The smallest absolute Gasteiger partial charge is 0.278 e. The minimum Gasteiger partial charge on any atom is -0.295 e. The maximum atomic E-state index is 12.8. The van der Waals surface area contributed by atoms with Crippen LogP contribution in [0, 0.1) is 6.92 Å². The van der Waals surface area contributed by atoms with E-state index in [0.717, 1.165) is 28.2 Å². The van der Waals surface area contributed by atoms with E-state index in [1.54, 1.807) is 10.9 Å². The highest BCUT2D eigenvalue weighted by Crippen LogP contribution is 2.17. The Kier molecular flexibility index (Phi) is 3.74. The van der Waals surface area contributed by atoms with Gasteiger partial charge < -0.3 is 0 Å². The molecule has 0 saturated heterocycles. The van der Waals surface area contributed by atoms with Crippen LogP contribution >= 0.6 is 0 Å². The number of aromatic amines is 1. The van der Waals surface area contributed by atoms with Crippen LogP contribution in [-0.2, 0) is 0 Å². The topological polar surface area (TPSA) is 62.5 Å². The number of aromatic nitrogens is 2. The van der Waals surface area contributed by atoms with Crippen molar-refractivity contribution in [1.29, 1.82) is 0 Å². The van der Waals surface area contributed by atoms with Crippen molar-refractivity contribution in [3.05, 3.63) is 93.4 Å². The Labute approximate surface area is 144 Å². The summed E-state index contributed by atoms with van der Waals surface area (Å²) in [6.45, 7) is 1.89. The molecule has 2 heterocycles. The standard InChI is InChI=1S/C20H16N4O/c1-14-18(20(25)24(23-14)17-10-6-3-7-11-17)12-16-13-21-22-19(16)15-8-4-2-5-9-15/h2-13,23H,1H3/b16-12+. The second kappa shape index (κ2) is 6.20. The van der Waals surface area contributed by atoms with E-state index in [1.165, 1.54) is 0 Å². The molecule has 5 heteroatoms. The van der Waals surface area contributed by atoms with E-state index < -0.39 is 0 Å². The summed E-state index contributed by atoms with van der Waals surface area (Å²) in [4.78, 5) is 12.8. The minimum atomic E-state index is -0.0936. The van der Waals surface area contributed by atoms with E-state index in [-0.39, 0.29) is 5.56 Å². The summed E-state index contributed by atoms with van der Waals surface area (Å²) >= 11 is 0. The van der Waals surface area contributed by atoms with Crippen LogP contribution in [0.25, 0.3) is 11.8 Å². The Morgan fingerprint density at radius 1 is 1.00 bits per heavy atom. The molecule has 1 aliphatic heterocycles. The van der Waals surface area contributed by atoms with Gasteiger partial charge in [-0.25, -0.2) is 4.68 Å². The zero-order valence-corrected chi connectivity index (χ0v) is 13.7. The average Bonchev–Trinajstić information content (AvgIpc) is 3.23. The number of allylic oxidation sites excluding steroid dienone is 1. The van der Waals surface area contributed by atoms with Gasteiger partial charge in [0.15, 0.2) is 0 Å². The van der Waals surface area contributed by atoms with Crippen LogP contribution in [0.3, 0.4) is 0 Å². The van der Waals surface area contributed by atoms with E-state index in [2.05, 4.69) is 15.3 Å². The molecule has 4 rings (SSSR count). The van der Waals surface area contributed by atoms with Crippen molar-refractivity contribution in [2.75, 3.05) is 0 Å². The van der Waals surface area contributed by atoms with E-state index >= 15 is 0 Å². The van der Waals surface area contributed by atoms with Crippen LogP contribution in [0.2, 0.25) is 0 Å². The van der Waals surface area contributed by atoms with Crippen LogP contribution in [-0.4, -0.2) is 21.7 Å². The van der Waals surface area contributed by atoms with Crippen molar-refractivity contribution in [3.8, 4) is 5.69 Å². The molecule has 1 aliphatic rings. The van der Waals surface area contributed by atoms with Crippen LogP contribution in [0.15, 0.2) is 81.2 Å². The van der Waals surface area contributed by atoms with Gasteiger partial charge in [-0.15, -0.1) is 5.10 Å². The molecule has 0 spiro atoms. The maximum absolute atomic E-state index is 12.8. The Morgan fingerprint density at radius 3 is 2.40 bits per heavy atom. The number of nitrogens with one attached hydrogen (secondary N) is 1. The average molecular weight is 328 g/mol. The van der Waals surface area contributed by atoms with Crippen molar-refractivity contribution in [3.63, 3.8) is 0 Å². The fourth-order valence-electron chi connectivity index (χ4n) is 2.84. The lowest BCUT2D eigenvalue weighted by atomic mass is 10.0. The molecule has 0 fully saturated rings. The lowest BCUT2D eigenvalue weighted by molar-refractivity contribution is 0.835. The zero-order valence-electron chi connectivity index (χ0n) is 13.7. The first-order chi connectivity index (χ1) is 12.2. The third-order valence-corrected chi connectivity index (χ3v) is 4.11. The van der Waals surface area contributed by atoms with Crippen molar-refractivity contribution in [2.45, 2.75) is 6.92 Å². The van der Waals surface area contributed by atoms with Crippen molar-refractivity contribution in [2.24, 2.45) is 10.2 Å². The van der Waals surface area contributed by atoms with Gasteiger partial charge in [-0.3, -0.25) is 9.89 Å². The first-order valence-electron chi connectivity index (χ1n) is 7.99. The summed E-state index contributed by atoms with van der Waals surface area (Å²) < 4.78 is 1.55. The summed E-state index contributed by atoms with van der Waals surface area (Å²) in [5, 5.41) is 11.4. The highest BCUT2D eigenvalue weighted by atomic mass is 16.1. The normalized spacial score (nSPS) is 14.9. The van der Waals surface area contributed by atoms with E-state index in [1.807, 2.05) is 73.7 Å². The Morgan fingerprint density at radius 2 is 1.68 bits per heavy atom. The van der Waals surface area contributed by atoms with Gasteiger partial charge in [0.2, 0.25) is 0 Å². The second-order valence-corrected chi connectivity index (χ2v) is 5.79. The first kappa shape index (κ1) is 15.1. The lowest BCUT2D eigenvalue weighted by Gasteiger charge is -2.01. The van der Waals surface area contributed by atoms with Crippen LogP contribution in [0.4, 0.5) is 0 Å². The second-order valence-electron chi connectivity index (χ2n) is 5.79. The van der Waals surface area contributed by atoms with Gasteiger partial charge in [0.25, 0.3) is 5.56 Å². The summed E-state index contributed by atoms with van der Waals surface area (Å²) in [6, 6.07) is 19.3. The van der Waals surface area contributed by atoms with Gasteiger partial charge in [0.1, 0.15) is 5.71 Å². The number of benzene rings is 2. The first-order valence-corrected chi connectivity index (χ1v) is 7.99. The number of rotatable bonds is 3. The zero-order chi connectivity index (χ0) is 17.2. The number of hydrogen-bond donors (Lipinski definition) is 1. The minimum absolute atomic E-state index is 0.0936. The predicted molar refractivity (Wildman–Crippen MR) is 101 cm³/mol. The summed E-state index contributed by atoms with van der Waals surface area (Å²) in [5.41, 5.74) is 4.69. The number of hydrogen-bond acceptors (Lipinski definition) is 3. The number of nitrogens with zero attached hydrogens (tertiary/aromatic N) is 3. The van der Waals surface area contributed by atoms with Gasteiger partial charge in [0.05, 0.1) is 17.5 Å². The van der Waals surface area contributed by atoms with Crippen molar-refractivity contribution < 1.29 is 0 Å². The lowest BCUT2D eigenvalue weighted by Crippen LogP contribution is -2.16. The molecule has 1 aromatic heterocycles. The van der Waals surface area contributed by atoms with E-state index in [4.69, 9.17) is 0 Å². The van der Waals surface area contributed by atoms with Gasteiger partial charge in [0, 0.05) is 16.8 Å². The quantitative estimate of drug-likeness (QED) is 0.787.